The first kappa shape index (κ1) is 34.9. The summed E-state index contributed by atoms with van der Waals surface area (Å²) in [7, 11) is 0. The van der Waals surface area contributed by atoms with Crippen molar-refractivity contribution in [1.29, 1.82) is 0 Å². The highest BCUT2D eigenvalue weighted by molar-refractivity contribution is 6.35. The smallest absolute Gasteiger partial charge is 0.262 e. The van der Waals surface area contributed by atoms with Gasteiger partial charge in [0.05, 0.1) is 49.6 Å². The summed E-state index contributed by atoms with van der Waals surface area (Å²) >= 11 is 12.7. The van der Waals surface area contributed by atoms with Crippen LogP contribution in [0.15, 0.2) is 109 Å². The first-order valence-electron chi connectivity index (χ1n) is 16.8. The predicted octanol–water partition coefficient (Wildman–Crippen LogP) is 9.89. The molecule has 2 N–H and O–H groups in total. The molecule has 2 atom stereocenters. The second-order valence-electron chi connectivity index (χ2n) is 12.7. The molecule has 7 aromatic rings. The van der Waals surface area contributed by atoms with Gasteiger partial charge in [-0.1, -0.05) is 59.6 Å². The predicted molar refractivity (Wildman–Crippen MR) is 207 cm³/mol. The zero-order valence-corrected chi connectivity index (χ0v) is 30.4. The third-order valence-electron chi connectivity index (χ3n) is 9.33. The summed E-state index contributed by atoms with van der Waals surface area (Å²) in [6, 6.07) is 29.3. The van der Waals surface area contributed by atoms with Crippen LogP contribution in [0.25, 0.3) is 44.3 Å². The Kier molecular flexibility index (Phi) is 9.55. The molecule has 2 amide bonds. The Morgan fingerprint density at radius 3 is 1.50 bits per heavy atom. The van der Waals surface area contributed by atoms with Crippen molar-refractivity contribution in [3.8, 4) is 22.5 Å². The molecule has 0 radical (unpaired) electrons. The van der Waals surface area contributed by atoms with Crippen LogP contribution < -0.4 is 5.73 Å². The molecule has 2 unspecified atom stereocenters. The minimum absolute atomic E-state index is 0.115. The van der Waals surface area contributed by atoms with E-state index in [9.17, 15) is 9.59 Å². The maximum Gasteiger partial charge on any atom is 0.262 e. The van der Waals surface area contributed by atoms with Crippen molar-refractivity contribution in [3.05, 3.63) is 153 Å². The van der Waals surface area contributed by atoms with Crippen LogP contribution in [-0.4, -0.2) is 36.7 Å². The van der Waals surface area contributed by atoms with E-state index in [2.05, 4.69) is 16.0 Å². The number of hydrogen-bond donors (Lipinski definition) is 1. The molecule has 0 saturated heterocycles. The molecule has 0 aliphatic carbocycles. The minimum atomic E-state index is -0.530. The molecule has 8 rings (SSSR count). The Morgan fingerprint density at radius 1 is 0.596 bits per heavy atom. The highest BCUT2D eigenvalue weighted by Gasteiger charge is 2.39. The van der Waals surface area contributed by atoms with Crippen LogP contribution in [0.2, 0.25) is 10.0 Å². The van der Waals surface area contributed by atoms with Gasteiger partial charge in [-0.15, -0.1) is 0 Å². The molecule has 10 heteroatoms. The van der Waals surface area contributed by atoms with Crippen molar-refractivity contribution in [2.24, 2.45) is 5.73 Å². The maximum atomic E-state index is 13.1. The van der Waals surface area contributed by atoms with Crippen molar-refractivity contribution in [2.75, 3.05) is 0 Å². The third-order valence-corrected chi connectivity index (χ3v) is 9.94. The summed E-state index contributed by atoms with van der Waals surface area (Å²) in [5.74, 6) is -0.596. The van der Waals surface area contributed by atoms with Crippen LogP contribution in [-0.2, 0) is 0 Å². The van der Waals surface area contributed by atoms with E-state index in [0.717, 1.165) is 55.6 Å². The lowest BCUT2D eigenvalue weighted by Gasteiger charge is -2.25. The number of aromatic nitrogens is 4. The van der Waals surface area contributed by atoms with E-state index in [4.69, 9.17) is 38.9 Å². The van der Waals surface area contributed by atoms with E-state index in [0.29, 0.717) is 32.4 Å². The highest BCUT2D eigenvalue weighted by atomic mass is 35.5. The van der Waals surface area contributed by atoms with E-state index in [1.54, 1.807) is 42.7 Å². The van der Waals surface area contributed by atoms with Gasteiger partial charge in [-0.25, -0.2) is 9.97 Å². The van der Waals surface area contributed by atoms with E-state index in [1.807, 2.05) is 88.4 Å². The van der Waals surface area contributed by atoms with Gasteiger partial charge in [0, 0.05) is 57.3 Å². The molecule has 52 heavy (non-hydrogen) atoms. The molecule has 0 fully saturated rings. The molecular weight excluding hydrogens is 691 g/mol. The standard InChI is InChI=1S/C25H18ClN3O2.C17H16ClN3/c1-14-17(10-6-12-27-14)23-20(13-16-7-5-11-21(26)22(16)28-23)15(2)29-24(30)18-8-3-4-9-19(18)25(29)31;1-10(19)14-9-12-5-3-7-15(18)16(12)21-17(14)13-6-4-8-20-11(13)2/h3-13,15H,1-2H3;3-10H,19H2,1-2H3. The van der Waals surface area contributed by atoms with Crippen molar-refractivity contribution in [3.63, 3.8) is 0 Å². The first-order valence-corrected chi connectivity index (χ1v) is 17.6. The number of nitrogens with zero attached hydrogens (tertiary/aromatic N) is 5. The Balaban J connectivity index is 0.000000175. The number of carbonyl (C=O) groups is 2. The minimum Gasteiger partial charge on any atom is -0.324 e. The lowest BCUT2D eigenvalue weighted by Crippen LogP contribution is -2.33. The average Bonchev–Trinajstić information content (AvgIpc) is 3.40. The van der Waals surface area contributed by atoms with Gasteiger partial charge in [0.1, 0.15) is 0 Å². The third kappa shape index (κ3) is 6.30. The number of halogens is 2. The van der Waals surface area contributed by atoms with Crippen LogP contribution in [0.4, 0.5) is 0 Å². The summed E-state index contributed by atoms with van der Waals surface area (Å²) in [5.41, 5.74) is 15.3. The van der Waals surface area contributed by atoms with Crippen LogP contribution in [0.3, 0.4) is 0 Å². The number of rotatable bonds is 5. The summed E-state index contributed by atoms with van der Waals surface area (Å²) in [4.78, 5) is 45.9. The van der Waals surface area contributed by atoms with Gasteiger partial charge in [-0.2, -0.15) is 0 Å². The number of imide groups is 1. The van der Waals surface area contributed by atoms with Gasteiger partial charge in [0.2, 0.25) is 0 Å². The summed E-state index contributed by atoms with van der Waals surface area (Å²) < 4.78 is 0. The SMILES string of the molecule is Cc1ncccc1-c1nc2c(Cl)cccc2cc1C(C)N.Cc1ncccc1-c1nc2c(Cl)cccc2cc1C(C)N1C(=O)c2ccccc2C1=O. The topological polar surface area (TPSA) is 115 Å². The molecular formula is C42H34Cl2N6O2. The lowest BCUT2D eigenvalue weighted by molar-refractivity contribution is 0.0595. The Bertz CT molecular complexity index is 2500. The van der Waals surface area contributed by atoms with E-state index in [1.165, 1.54) is 4.90 Å². The zero-order valence-electron chi connectivity index (χ0n) is 28.9. The maximum absolute atomic E-state index is 13.1. The van der Waals surface area contributed by atoms with Gasteiger partial charge in [-0.05, 0) is 93.9 Å². The second-order valence-corrected chi connectivity index (χ2v) is 13.6. The van der Waals surface area contributed by atoms with Crippen molar-refractivity contribution >= 4 is 56.8 Å². The summed E-state index contributed by atoms with van der Waals surface area (Å²) in [5, 5.41) is 3.03. The van der Waals surface area contributed by atoms with E-state index >= 15 is 0 Å². The van der Waals surface area contributed by atoms with Gasteiger partial charge in [-0.3, -0.25) is 24.5 Å². The molecule has 1 aliphatic heterocycles. The van der Waals surface area contributed by atoms with Crippen LogP contribution >= 0.6 is 23.2 Å². The van der Waals surface area contributed by atoms with Gasteiger partial charge in [0.25, 0.3) is 11.8 Å². The van der Waals surface area contributed by atoms with Crippen molar-refractivity contribution in [2.45, 2.75) is 39.8 Å². The van der Waals surface area contributed by atoms with Crippen molar-refractivity contribution in [1.82, 2.24) is 24.8 Å². The molecule has 1 aliphatic rings. The Hall–Kier alpha value is -5.54. The molecule has 5 heterocycles. The molecule has 0 bridgehead atoms. The first-order chi connectivity index (χ1) is 25.0. The molecule has 3 aromatic carbocycles. The number of fused-ring (bicyclic) bond motifs is 3. The van der Waals surface area contributed by atoms with Crippen molar-refractivity contribution < 1.29 is 9.59 Å². The molecule has 4 aromatic heterocycles. The number of pyridine rings is 4. The average molecular weight is 726 g/mol. The zero-order chi connectivity index (χ0) is 36.7. The number of para-hydroxylation sites is 2. The fourth-order valence-electron chi connectivity index (χ4n) is 6.62. The Morgan fingerprint density at radius 2 is 1.04 bits per heavy atom. The summed E-state index contributed by atoms with van der Waals surface area (Å²) in [6.45, 7) is 7.69. The van der Waals surface area contributed by atoms with Gasteiger partial charge < -0.3 is 5.73 Å². The van der Waals surface area contributed by atoms with Gasteiger partial charge >= 0.3 is 0 Å². The number of aryl methyl sites for hydroxylation is 2. The molecule has 8 nitrogen and oxygen atoms in total. The second kappa shape index (κ2) is 14.2. The Labute approximate surface area is 311 Å². The largest absolute Gasteiger partial charge is 0.324 e. The normalized spacial score (nSPS) is 13.6. The monoisotopic (exact) mass is 724 g/mol. The molecule has 258 valence electrons. The van der Waals surface area contributed by atoms with E-state index < -0.39 is 6.04 Å². The van der Waals surface area contributed by atoms with Crippen LogP contribution in [0.5, 0.6) is 0 Å². The van der Waals surface area contributed by atoms with Crippen LogP contribution in [0, 0.1) is 13.8 Å². The lowest BCUT2D eigenvalue weighted by atomic mass is 9.97. The van der Waals surface area contributed by atoms with Crippen LogP contribution in [0.1, 0.15) is 69.2 Å². The molecule has 0 spiro atoms. The number of carbonyl (C=O) groups excluding carboxylic acids is 2. The number of benzene rings is 3. The quantitative estimate of drug-likeness (QED) is 0.176. The number of hydrogen-bond acceptors (Lipinski definition) is 7. The fourth-order valence-corrected chi connectivity index (χ4v) is 7.07. The number of nitrogens with two attached hydrogens (primary N) is 1. The van der Waals surface area contributed by atoms with Gasteiger partial charge in [0.15, 0.2) is 0 Å². The summed E-state index contributed by atoms with van der Waals surface area (Å²) in [6.07, 6.45) is 3.50. The molecule has 0 saturated carbocycles. The highest BCUT2D eigenvalue weighted by Crippen LogP contribution is 2.38. The number of amides is 2. The van der Waals surface area contributed by atoms with E-state index in [-0.39, 0.29) is 17.9 Å². The fraction of sp³-hybridized carbons (Fsp3) is 0.143.